The van der Waals surface area contributed by atoms with Crippen molar-refractivity contribution in [1.29, 1.82) is 0 Å². The standard InChI is InChI=1S/C18H22OS/c1(2-4-11-19-18-10-12-20-14-18)3-5-15-6-7-16-8-9-17(16)13-15/h6-7,10,12-14H,1-5,8-9,11H2. The summed E-state index contributed by atoms with van der Waals surface area (Å²) in [4.78, 5) is 0. The fourth-order valence-corrected chi connectivity index (χ4v) is 3.28. The highest BCUT2D eigenvalue weighted by molar-refractivity contribution is 7.08. The van der Waals surface area contributed by atoms with Crippen LogP contribution >= 0.6 is 11.3 Å². The zero-order valence-electron chi connectivity index (χ0n) is 11.9. The Morgan fingerprint density at radius 3 is 2.60 bits per heavy atom. The molecule has 1 aromatic heterocycles. The monoisotopic (exact) mass is 286 g/mol. The van der Waals surface area contributed by atoms with Gasteiger partial charge in [-0.15, -0.1) is 11.3 Å². The zero-order chi connectivity index (χ0) is 13.6. The van der Waals surface area contributed by atoms with Crippen LogP contribution in [0.4, 0.5) is 0 Å². The van der Waals surface area contributed by atoms with Crippen molar-refractivity contribution >= 4 is 11.3 Å². The number of hydrogen-bond acceptors (Lipinski definition) is 2. The van der Waals surface area contributed by atoms with E-state index in [1.165, 1.54) is 50.5 Å². The van der Waals surface area contributed by atoms with Gasteiger partial charge < -0.3 is 4.74 Å². The molecule has 0 bridgehead atoms. The van der Waals surface area contributed by atoms with Crippen molar-refractivity contribution < 1.29 is 4.74 Å². The lowest BCUT2D eigenvalue weighted by Crippen LogP contribution is -2.08. The molecule has 1 aliphatic rings. The summed E-state index contributed by atoms with van der Waals surface area (Å²) < 4.78 is 5.66. The zero-order valence-corrected chi connectivity index (χ0v) is 12.8. The number of ether oxygens (including phenoxy) is 1. The lowest BCUT2D eigenvalue weighted by molar-refractivity contribution is 0.306. The average Bonchev–Trinajstić information content (AvgIpc) is 2.93. The Kier molecular flexibility index (Phi) is 4.75. The Bertz CT molecular complexity index is 530. The lowest BCUT2D eigenvalue weighted by atomic mass is 9.86. The molecule has 0 amide bonds. The third-order valence-electron chi connectivity index (χ3n) is 4.06. The minimum absolute atomic E-state index is 0.857. The number of thiophene rings is 1. The van der Waals surface area contributed by atoms with Crippen LogP contribution in [-0.2, 0) is 19.3 Å². The van der Waals surface area contributed by atoms with Crippen molar-refractivity contribution in [1.82, 2.24) is 0 Å². The van der Waals surface area contributed by atoms with E-state index in [1.54, 1.807) is 22.5 Å². The van der Waals surface area contributed by atoms with Crippen LogP contribution in [-0.4, -0.2) is 6.61 Å². The Balaban J connectivity index is 1.26. The van der Waals surface area contributed by atoms with Gasteiger partial charge in [-0.3, -0.25) is 0 Å². The van der Waals surface area contributed by atoms with Crippen LogP contribution in [0.3, 0.4) is 0 Å². The fraction of sp³-hybridized carbons (Fsp3) is 0.444. The third-order valence-corrected chi connectivity index (χ3v) is 4.72. The van der Waals surface area contributed by atoms with Crippen LogP contribution < -0.4 is 4.74 Å². The first-order valence-electron chi connectivity index (χ1n) is 7.67. The van der Waals surface area contributed by atoms with E-state index >= 15 is 0 Å². The first-order chi connectivity index (χ1) is 9.92. The Morgan fingerprint density at radius 1 is 0.950 bits per heavy atom. The minimum Gasteiger partial charge on any atom is -0.493 e. The molecule has 0 saturated heterocycles. The van der Waals surface area contributed by atoms with Gasteiger partial charge in [0.25, 0.3) is 0 Å². The molecule has 0 unspecified atom stereocenters. The molecule has 0 atom stereocenters. The van der Waals surface area contributed by atoms with Crippen LogP contribution in [0.1, 0.15) is 42.4 Å². The molecule has 1 nitrogen and oxygen atoms in total. The quantitative estimate of drug-likeness (QED) is 0.618. The average molecular weight is 286 g/mol. The van der Waals surface area contributed by atoms with Crippen molar-refractivity contribution in [2.75, 3.05) is 6.61 Å². The maximum absolute atomic E-state index is 5.66. The van der Waals surface area contributed by atoms with Crippen LogP contribution in [0.15, 0.2) is 35.0 Å². The second kappa shape index (κ2) is 6.94. The van der Waals surface area contributed by atoms with E-state index in [2.05, 4.69) is 29.0 Å². The molecule has 3 rings (SSSR count). The Morgan fingerprint density at radius 2 is 1.85 bits per heavy atom. The Labute approximate surface area is 125 Å². The number of unbranched alkanes of at least 4 members (excludes halogenated alkanes) is 3. The van der Waals surface area contributed by atoms with E-state index < -0.39 is 0 Å². The molecular weight excluding hydrogens is 264 g/mol. The molecule has 0 saturated carbocycles. The summed E-state index contributed by atoms with van der Waals surface area (Å²) in [7, 11) is 0. The van der Waals surface area contributed by atoms with Gasteiger partial charge in [-0.1, -0.05) is 31.0 Å². The number of fused-ring (bicyclic) bond motifs is 1. The molecule has 2 aromatic rings. The van der Waals surface area contributed by atoms with Gasteiger partial charge in [-0.05, 0) is 60.2 Å². The number of hydrogen-bond donors (Lipinski definition) is 0. The van der Waals surface area contributed by atoms with E-state index in [9.17, 15) is 0 Å². The molecule has 106 valence electrons. The molecule has 0 fully saturated rings. The summed E-state index contributed by atoms with van der Waals surface area (Å²) in [5.41, 5.74) is 4.68. The van der Waals surface area contributed by atoms with Crippen molar-refractivity contribution in [3.05, 3.63) is 51.7 Å². The van der Waals surface area contributed by atoms with Gasteiger partial charge in [0.15, 0.2) is 0 Å². The summed E-state index contributed by atoms with van der Waals surface area (Å²) >= 11 is 1.69. The summed E-state index contributed by atoms with van der Waals surface area (Å²) in [6.07, 6.45) is 8.87. The van der Waals surface area contributed by atoms with Gasteiger partial charge in [-0.2, -0.15) is 0 Å². The van der Waals surface area contributed by atoms with Crippen LogP contribution in [0, 0.1) is 0 Å². The highest BCUT2D eigenvalue weighted by atomic mass is 32.1. The van der Waals surface area contributed by atoms with Crippen LogP contribution in [0.2, 0.25) is 0 Å². The lowest BCUT2D eigenvalue weighted by Gasteiger charge is -2.19. The van der Waals surface area contributed by atoms with Crippen molar-refractivity contribution in [2.24, 2.45) is 0 Å². The second-order valence-corrected chi connectivity index (χ2v) is 6.35. The molecule has 0 N–H and O–H groups in total. The van der Waals surface area contributed by atoms with Crippen LogP contribution in [0.25, 0.3) is 0 Å². The van der Waals surface area contributed by atoms with Gasteiger partial charge in [-0.25, -0.2) is 0 Å². The molecular formula is C18H22OS. The van der Waals surface area contributed by atoms with Crippen molar-refractivity contribution in [3.63, 3.8) is 0 Å². The maximum Gasteiger partial charge on any atom is 0.129 e. The first-order valence-corrected chi connectivity index (χ1v) is 8.62. The summed E-state index contributed by atoms with van der Waals surface area (Å²) in [6, 6.07) is 9.09. The molecule has 20 heavy (non-hydrogen) atoms. The number of benzene rings is 1. The van der Waals surface area contributed by atoms with Gasteiger partial charge in [0.1, 0.15) is 5.75 Å². The largest absolute Gasteiger partial charge is 0.493 e. The van der Waals surface area contributed by atoms with E-state index in [0.717, 1.165) is 12.4 Å². The Hall–Kier alpha value is -1.28. The van der Waals surface area contributed by atoms with Gasteiger partial charge >= 0.3 is 0 Å². The van der Waals surface area contributed by atoms with Crippen LogP contribution in [0.5, 0.6) is 5.75 Å². The summed E-state index contributed by atoms with van der Waals surface area (Å²) in [6.45, 7) is 0.857. The van der Waals surface area contributed by atoms with Crippen molar-refractivity contribution in [2.45, 2.75) is 44.9 Å². The number of rotatable bonds is 8. The molecule has 2 heteroatoms. The molecule has 1 aromatic carbocycles. The van der Waals surface area contributed by atoms with Crippen molar-refractivity contribution in [3.8, 4) is 5.75 Å². The minimum atomic E-state index is 0.857. The van der Waals surface area contributed by atoms with E-state index in [0.29, 0.717) is 0 Å². The highest BCUT2D eigenvalue weighted by Crippen LogP contribution is 2.24. The molecule has 0 radical (unpaired) electrons. The van der Waals surface area contributed by atoms with Gasteiger partial charge in [0.05, 0.1) is 6.61 Å². The van der Waals surface area contributed by atoms with Gasteiger partial charge in [0, 0.05) is 5.38 Å². The van der Waals surface area contributed by atoms with E-state index in [1.807, 2.05) is 6.07 Å². The molecule has 0 aliphatic heterocycles. The highest BCUT2D eigenvalue weighted by Gasteiger charge is 2.12. The second-order valence-electron chi connectivity index (χ2n) is 5.57. The summed E-state index contributed by atoms with van der Waals surface area (Å²) in [5.74, 6) is 1.03. The van der Waals surface area contributed by atoms with E-state index in [4.69, 9.17) is 4.74 Å². The maximum atomic E-state index is 5.66. The predicted octanol–water partition coefficient (Wildman–Crippen LogP) is 5.03. The molecule has 0 spiro atoms. The normalized spacial score (nSPS) is 12.8. The van der Waals surface area contributed by atoms with E-state index in [-0.39, 0.29) is 0 Å². The third kappa shape index (κ3) is 3.63. The summed E-state index contributed by atoms with van der Waals surface area (Å²) in [5, 5.41) is 4.12. The fourth-order valence-electron chi connectivity index (χ4n) is 2.71. The SMILES string of the molecule is c1cc(OCCCCCCc2ccc3c(c2)CC3)cs1. The smallest absolute Gasteiger partial charge is 0.129 e. The predicted molar refractivity (Wildman–Crippen MR) is 85.8 cm³/mol. The number of aryl methyl sites for hydroxylation is 3. The molecule has 1 heterocycles. The topological polar surface area (TPSA) is 9.23 Å². The molecule has 1 aliphatic carbocycles. The first kappa shape index (κ1) is 13.7. The van der Waals surface area contributed by atoms with Gasteiger partial charge in [0.2, 0.25) is 0 Å².